The minimum absolute atomic E-state index is 0.00541. The number of ketones is 1. The number of thiocarbonyl (C=S) groups is 1. The molecule has 0 radical (unpaired) electrons. The molecule has 0 atom stereocenters. The summed E-state index contributed by atoms with van der Waals surface area (Å²) in [6, 6.07) is 12.7. The van der Waals surface area contributed by atoms with E-state index >= 15 is 0 Å². The van der Waals surface area contributed by atoms with Crippen molar-refractivity contribution >= 4 is 46.6 Å². The largest absolute Gasteiger partial charge is 0.294 e. The maximum Gasteiger partial charge on any atom is 0.164 e. The standard InChI is InChI=1S/C16H12Cl2OS/c17-13-6-7-14(15(18)9-13)16(19)8-5-11-3-1-2-4-12(11)10-20/h1-4,6-7,9-10H,5,8H2. The molecule has 0 amide bonds. The van der Waals surface area contributed by atoms with Gasteiger partial charge in [0.15, 0.2) is 5.78 Å². The number of hydrogen-bond donors (Lipinski definition) is 0. The van der Waals surface area contributed by atoms with E-state index < -0.39 is 0 Å². The molecule has 0 bridgehead atoms. The highest BCUT2D eigenvalue weighted by atomic mass is 35.5. The summed E-state index contributed by atoms with van der Waals surface area (Å²) in [5.74, 6) is 0.00541. The van der Waals surface area contributed by atoms with Crippen molar-refractivity contribution in [2.24, 2.45) is 0 Å². The molecule has 0 spiro atoms. The second-order valence-electron chi connectivity index (χ2n) is 4.36. The van der Waals surface area contributed by atoms with E-state index in [0.717, 1.165) is 11.1 Å². The maximum absolute atomic E-state index is 12.2. The molecule has 0 aliphatic heterocycles. The summed E-state index contributed by atoms with van der Waals surface area (Å²) >= 11 is 16.8. The molecule has 102 valence electrons. The zero-order valence-electron chi connectivity index (χ0n) is 10.6. The van der Waals surface area contributed by atoms with Gasteiger partial charge in [-0.05, 0) is 35.7 Å². The second kappa shape index (κ2) is 6.98. The maximum atomic E-state index is 12.2. The highest BCUT2D eigenvalue weighted by molar-refractivity contribution is 7.79. The highest BCUT2D eigenvalue weighted by Gasteiger charge is 2.11. The van der Waals surface area contributed by atoms with Gasteiger partial charge >= 0.3 is 0 Å². The lowest BCUT2D eigenvalue weighted by molar-refractivity contribution is 0.0983. The number of rotatable bonds is 5. The van der Waals surface area contributed by atoms with Crippen LogP contribution in [0.15, 0.2) is 42.5 Å². The van der Waals surface area contributed by atoms with E-state index in [4.69, 9.17) is 35.4 Å². The Balaban J connectivity index is 2.10. The van der Waals surface area contributed by atoms with E-state index in [9.17, 15) is 4.79 Å². The van der Waals surface area contributed by atoms with Crippen LogP contribution in [-0.4, -0.2) is 11.2 Å². The fourth-order valence-corrected chi connectivity index (χ4v) is 2.72. The molecule has 0 aliphatic rings. The molecular weight excluding hydrogens is 311 g/mol. The van der Waals surface area contributed by atoms with Crippen molar-refractivity contribution in [3.8, 4) is 0 Å². The second-order valence-corrected chi connectivity index (χ2v) is 5.44. The fourth-order valence-electron chi connectivity index (χ4n) is 1.98. The summed E-state index contributed by atoms with van der Waals surface area (Å²) in [7, 11) is 0. The van der Waals surface area contributed by atoms with Gasteiger partial charge in [0, 0.05) is 22.4 Å². The summed E-state index contributed by atoms with van der Waals surface area (Å²) < 4.78 is 0. The van der Waals surface area contributed by atoms with Gasteiger partial charge in [0.2, 0.25) is 0 Å². The topological polar surface area (TPSA) is 17.1 Å². The van der Waals surface area contributed by atoms with Gasteiger partial charge in [-0.1, -0.05) is 59.7 Å². The number of carbonyl (C=O) groups excluding carboxylic acids is 1. The Labute approximate surface area is 133 Å². The van der Waals surface area contributed by atoms with Gasteiger partial charge in [-0.2, -0.15) is 0 Å². The Kier molecular flexibility index (Phi) is 5.30. The van der Waals surface area contributed by atoms with E-state index in [2.05, 4.69) is 0 Å². The zero-order chi connectivity index (χ0) is 14.5. The molecule has 1 nitrogen and oxygen atoms in total. The van der Waals surface area contributed by atoms with Crippen molar-refractivity contribution in [3.63, 3.8) is 0 Å². The third-order valence-corrected chi connectivity index (χ3v) is 3.84. The molecule has 4 heteroatoms. The van der Waals surface area contributed by atoms with Gasteiger partial charge in [-0.15, -0.1) is 0 Å². The smallest absolute Gasteiger partial charge is 0.164 e. The predicted octanol–water partition coefficient (Wildman–Crippen LogP) is 5.16. The van der Waals surface area contributed by atoms with Crippen molar-refractivity contribution in [3.05, 3.63) is 69.2 Å². The monoisotopic (exact) mass is 322 g/mol. The molecule has 0 saturated heterocycles. The molecule has 2 aromatic rings. The van der Waals surface area contributed by atoms with Crippen LogP contribution >= 0.6 is 35.4 Å². The van der Waals surface area contributed by atoms with E-state index in [-0.39, 0.29) is 5.78 Å². The molecule has 0 unspecified atom stereocenters. The average molecular weight is 323 g/mol. The van der Waals surface area contributed by atoms with E-state index in [1.165, 1.54) is 0 Å². The lowest BCUT2D eigenvalue weighted by atomic mass is 10.00. The van der Waals surface area contributed by atoms with Crippen LogP contribution in [0.2, 0.25) is 10.0 Å². The summed E-state index contributed by atoms with van der Waals surface area (Å²) in [5, 5.41) is 2.55. The molecule has 0 heterocycles. The molecular formula is C16H12Cl2OS. The Morgan fingerprint density at radius 3 is 2.60 bits per heavy atom. The highest BCUT2D eigenvalue weighted by Crippen LogP contribution is 2.23. The van der Waals surface area contributed by atoms with Crippen molar-refractivity contribution in [1.29, 1.82) is 0 Å². The predicted molar refractivity (Wildman–Crippen MR) is 88.3 cm³/mol. The van der Waals surface area contributed by atoms with E-state index in [1.54, 1.807) is 23.6 Å². The number of Topliss-reactive ketones (excluding diaryl/α,β-unsaturated/α-hetero) is 1. The van der Waals surface area contributed by atoms with Gasteiger partial charge in [0.05, 0.1) is 5.02 Å². The first kappa shape index (κ1) is 15.2. The first-order valence-electron chi connectivity index (χ1n) is 6.13. The molecule has 20 heavy (non-hydrogen) atoms. The van der Waals surface area contributed by atoms with Crippen LogP contribution in [0.4, 0.5) is 0 Å². The zero-order valence-corrected chi connectivity index (χ0v) is 12.9. The van der Waals surface area contributed by atoms with E-state index in [0.29, 0.717) is 28.5 Å². The lowest BCUT2D eigenvalue weighted by Crippen LogP contribution is -2.03. The van der Waals surface area contributed by atoms with Crippen molar-refractivity contribution in [2.75, 3.05) is 0 Å². The van der Waals surface area contributed by atoms with E-state index in [1.807, 2.05) is 24.3 Å². The van der Waals surface area contributed by atoms with Crippen LogP contribution in [0.25, 0.3) is 0 Å². The third kappa shape index (κ3) is 3.66. The summed E-state index contributed by atoms with van der Waals surface area (Å²) in [4.78, 5) is 12.2. The molecule has 2 aromatic carbocycles. The Morgan fingerprint density at radius 1 is 1.15 bits per heavy atom. The number of hydrogen-bond acceptors (Lipinski definition) is 2. The summed E-state index contributed by atoms with van der Waals surface area (Å²) in [6.45, 7) is 0. The van der Waals surface area contributed by atoms with Crippen molar-refractivity contribution in [1.82, 2.24) is 0 Å². The molecule has 0 N–H and O–H groups in total. The third-order valence-electron chi connectivity index (χ3n) is 3.04. The fraction of sp³-hybridized carbons (Fsp3) is 0.125. The van der Waals surface area contributed by atoms with Crippen LogP contribution < -0.4 is 0 Å². The van der Waals surface area contributed by atoms with Gasteiger partial charge < -0.3 is 0 Å². The Bertz CT molecular complexity index is 653. The Hall–Kier alpha value is -1.22. The molecule has 0 saturated carbocycles. The number of halogens is 2. The van der Waals surface area contributed by atoms with Crippen LogP contribution in [0.1, 0.15) is 27.9 Å². The normalized spacial score (nSPS) is 10.3. The molecule has 2 rings (SSSR count). The lowest BCUT2D eigenvalue weighted by Gasteiger charge is -2.06. The van der Waals surface area contributed by atoms with Crippen LogP contribution in [0.5, 0.6) is 0 Å². The van der Waals surface area contributed by atoms with Gasteiger partial charge in [-0.3, -0.25) is 4.79 Å². The number of benzene rings is 2. The van der Waals surface area contributed by atoms with Crippen LogP contribution in [0, 0.1) is 0 Å². The van der Waals surface area contributed by atoms with Gasteiger partial charge in [-0.25, -0.2) is 0 Å². The molecule has 0 aliphatic carbocycles. The first-order chi connectivity index (χ1) is 9.61. The molecule has 0 fully saturated rings. The van der Waals surface area contributed by atoms with Gasteiger partial charge in [0.1, 0.15) is 0 Å². The van der Waals surface area contributed by atoms with Crippen molar-refractivity contribution < 1.29 is 4.79 Å². The van der Waals surface area contributed by atoms with Crippen LogP contribution in [0.3, 0.4) is 0 Å². The molecule has 0 aromatic heterocycles. The quantitative estimate of drug-likeness (QED) is 0.559. The Morgan fingerprint density at radius 2 is 1.90 bits per heavy atom. The minimum atomic E-state index is 0.00541. The SMILES string of the molecule is O=C(CCc1ccccc1C=S)c1ccc(Cl)cc1Cl. The van der Waals surface area contributed by atoms with Crippen molar-refractivity contribution in [2.45, 2.75) is 12.8 Å². The number of carbonyl (C=O) groups is 1. The van der Waals surface area contributed by atoms with Gasteiger partial charge in [0.25, 0.3) is 0 Å². The minimum Gasteiger partial charge on any atom is -0.294 e. The summed E-state index contributed by atoms with van der Waals surface area (Å²) in [6.07, 6.45) is 1.03. The summed E-state index contributed by atoms with van der Waals surface area (Å²) in [5.41, 5.74) is 2.56. The average Bonchev–Trinajstić information content (AvgIpc) is 2.45. The first-order valence-corrected chi connectivity index (χ1v) is 7.36. The number of aryl methyl sites for hydroxylation is 1. The van der Waals surface area contributed by atoms with Crippen LogP contribution in [-0.2, 0) is 6.42 Å².